The SMILES string of the molecule is NC(=O)CNC(=O)C(O)c1ccc(-c2noc(-c3noc(-c4ccccc4)c3C(F)(F)F)n2)cc1. The molecule has 0 bridgehead atoms. The molecule has 1 unspecified atom stereocenters. The summed E-state index contributed by atoms with van der Waals surface area (Å²) in [4.78, 5) is 26.6. The van der Waals surface area contributed by atoms with E-state index in [1.54, 1.807) is 18.2 Å². The molecular formula is C22H16F3N5O5. The number of nitrogens with zero attached hydrogens (tertiary/aromatic N) is 3. The van der Waals surface area contributed by atoms with Crippen molar-refractivity contribution in [3.05, 3.63) is 65.7 Å². The summed E-state index contributed by atoms with van der Waals surface area (Å²) in [5, 5.41) is 19.5. The van der Waals surface area contributed by atoms with Gasteiger partial charge in [-0.2, -0.15) is 18.2 Å². The number of alkyl halides is 3. The number of amides is 2. The van der Waals surface area contributed by atoms with E-state index in [9.17, 15) is 27.9 Å². The molecule has 180 valence electrons. The minimum absolute atomic E-state index is 0.0587. The highest BCUT2D eigenvalue weighted by atomic mass is 19.4. The van der Waals surface area contributed by atoms with Crippen LogP contribution in [0.1, 0.15) is 17.2 Å². The molecule has 35 heavy (non-hydrogen) atoms. The van der Waals surface area contributed by atoms with Crippen LogP contribution in [0, 0.1) is 0 Å². The number of nitrogens with two attached hydrogens (primary N) is 1. The number of carbonyl (C=O) groups is 2. The van der Waals surface area contributed by atoms with Crippen LogP contribution >= 0.6 is 0 Å². The molecule has 1 atom stereocenters. The van der Waals surface area contributed by atoms with Gasteiger partial charge in [-0.15, -0.1) is 0 Å². The maximum Gasteiger partial charge on any atom is 0.422 e. The van der Waals surface area contributed by atoms with E-state index < -0.39 is 53.5 Å². The average molecular weight is 487 g/mol. The van der Waals surface area contributed by atoms with Crippen LogP contribution in [-0.2, 0) is 15.8 Å². The molecule has 10 nitrogen and oxygen atoms in total. The normalized spacial score (nSPS) is 12.3. The first-order chi connectivity index (χ1) is 16.6. The number of nitrogens with one attached hydrogen (secondary N) is 1. The lowest BCUT2D eigenvalue weighted by Gasteiger charge is -2.10. The molecule has 4 aromatic rings. The zero-order chi connectivity index (χ0) is 25.2. The second-order valence-corrected chi connectivity index (χ2v) is 7.23. The average Bonchev–Trinajstić information content (AvgIpc) is 3.50. The lowest BCUT2D eigenvalue weighted by atomic mass is 10.1. The zero-order valence-electron chi connectivity index (χ0n) is 17.6. The molecule has 2 aromatic heterocycles. The Morgan fingerprint density at radius 2 is 1.69 bits per heavy atom. The third-order valence-corrected chi connectivity index (χ3v) is 4.81. The van der Waals surface area contributed by atoms with Crippen LogP contribution < -0.4 is 11.1 Å². The van der Waals surface area contributed by atoms with Crippen molar-refractivity contribution in [1.29, 1.82) is 0 Å². The molecule has 0 aliphatic rings. The van der Waals surface area contributed by atoms with Gasteiger partial charge in [0.2, 0.25) is 11.7 Å². The Kier molecular flexibility index (Phi) is 6.34. The topological polar surface area (TPSA) is 157 Å². The number of aliphatic hydroxyl groups is 1. The van der Waals surface area contributed by atoms with Gasteiger partial charge in [0, 0.05) is 11.1 Å². The number of halogens is 3. The monoisotopic (exact) mass is 487 g/mol. The van der Waals surface area contributed by atoms with Crippen molar-refractivity contribution in [2.75, 3.05) is 6.54 Å². The van der Waals surface area contributed by atoms with Gasteiger partial charge in [-0.25, -0.2) is 0 Å². The molecule has 0 saturated carbocycles. The van der Waals surface area contributed by atoms with Crippen molar-refractivity contribution in [2.45, 2.75) is 12.3 Å². The minimum atomic E-state index is -4.82. The predicted octanol–water partition coefficient (Wildman–Crippen LogP) is 2.71. The van der Waals surface area contributed by atoms with Crippen LogP contribution in [-0.4, -0.2) is 38.8 Å². The number of hydrogen-bond acceptors (Lipinski definition) is 8. The quantitative estimate of drug-likeness (QED) is 0.359. The molecule has 4 N–H and O–H groups in total. The standard InChI is InChI=1S/C22H16F3N5O5/c23-22(24,25)15-16(29-34-18(15)12-4-2-1-3-5-12)21-28-19(30-35-21)13-8-6-11(7-9-13)17(32)20(33)27-10-14(26)31/h1-9,17,32H,10H2,(H2,26,31)(H,27,33). The van der Waals surface area contributed by atoms with Gasteiger partial charge in [-0.05, 0) is 5.56 Å². The van der Waals surface area contributed by atoms with E-state index in [4.69, 9.17) is 14.8 Å². The van der Waals surface area contributed by atoms with Crippen molar-refractivity contribution in [1.82, 2.24) is 20.6 Å². The van der Waals surface area contributed by atoms with E-state index >= 15 is 0 Å². The summed E-state index contributed by atoms with van der Waals surface area (Å²) < 4.78 is 51.6. The van der Waals surface area contributed by atoms with Gasteiger partial charge in [0.05, 0.1) is 6.54 Å². The van der Waals surface area contributed by atoms with Crippen molar-refractivity contribution in [3.8, 4) is 34.3 Å². The number of carbonyl (C=O) groups excluding carboxylic acids is 2. The summed E-state index contributed by atoms with van der Waals surface area (Å²) in [6.07, 6.45) is -6.40. The van der Waals surface area contributed by atoms with Crippen LogP contribution in [0.15, 0.2) is 63.6 Å². The number of aliphatic hydroxyl groups excluding tert-OH is 1. The van der Waals surface area contributed by atoms with Gasteiger partial charge < -0.3 is 25.2 Å². The Morgan fingerprint density at radius 1 is 1.00 bits per heavy atom. The number of hydrogen-bond donors (Lipinski definition) is 3. The molecule has 13 heteroatoms. The Morgan fingerprint density at radius 3 is 2.31 bits per heavy atom. The molecule has 0 saturated heterocycles. The maximum atomic E-state index is 13.9. The third kappa shape index (κ3) is 5.04. The maximum absolute atomic E-state index is 13.9. The fraction of sp³-hybridized carbons (Fsp3) is 0.136. The molecular weight excluding hydrogens is 471 g/mol. The fourth-order valence-electron chi connectivity index (χ4n) is 3.16. The van der Waals surface area contributed by atoms with Crippen molar-refractivity contribution < 1.29 is 36.9 Å². The highest BCUT2D eigenvalue weighted by Gasteiger charge is 2.42. The van der Waals surface area contributed by atoms with E-state index in [0.717, 1.165) is 0 Å². The number of benzene rings is 2. The smallest absolute Gasteiger partial charge is 0.378 e. The molecule has 2 aromatic carbocycles. The Hall–Kier alpha value is -4.52. The first-order valence-corrected chi connectivity index (χ1v) is 9.96. The first-order valence-electron chi connectivity index (χ1n) is 9.96. The van der Waals surface area contributed by atoms with Gasteiger partial charge >= 0.3 is 6.18 Å². The Bertz CT molecular complexity index is 1350. The van der Waals surface area contributed by atoms with Gasteiger partial charge in [0.25, 0.3) is 11.8 Å². The van der Waals surface area contributed by atoms with Crippen molar-refractivity contribution in [3.63, 3.8) is 0 Å². The number of primary amides is 1. The second-order valence-electron chi connectivity index (χ2n) is 7.23. The summed E-state index contributed by atoms with van der Waals surface area (Å²) >= 11 is 0. The van der Waals surface area contributed by atoms with Crippen LogP contribution in [0.4, 0.5) is 13.2 Å². The van der Waals surface area contributed by atoms with Crippen LogP contribution in [0.2, 0.25) is 0 Å². The van der Waals surface area contributed by atoms with E-state index in [2.05, 4.69) is 20.6 Å². The van der Waals surface area contributed by atoms with Gasteiger partial charge in [0.15, 0.2) is 17.6 Å². The predicted molar refractivity (Wildman–Crippen MR) is 113 cm³/mol. The van der Waals surface area contributed by atoms with Gasteiger partial charge in [-0.3, -0.25) is 9.59 Å². The molecule has 0 fully saturated rings. The van der Waals surface area contributed by atoms with Crippen LogP contribution in [0.3, 0.4) is 0 Å². The largest absolute Gasteiger partial charge is 0.422 e. The lowest BCUT2D eigenvalue weighted by Crippen LogP contribution is -2.36. The lowest BCUT2D eigenvalue weighted by molar-refractivity contribution is -0.137. The molecule has 2 heterocycles. The van der Waals surface area contributed by atoms with E-state index in [-0.39, 0.29) is 17.0 Å². The van der Waals surface area contributed by atoms with E-state index in [1.165, 1.54) is 36.4 Å². The van der Waals surface area contributed by atoms with E-state index in [1.807, 2.05) is 0 Å². The van der Waals surface area contributed by atoms with Gasteiger partial charge in [-0.1, -0.05) is 64.9 Å². The van der Waals surface area contributed by atoms with Crippen molar-refractivity contribution >= 4 is 11.8 Å². The van der Waals surface area contributed by atoms with E-state index in [0.29, 0.717) is 5.56 Å². The molecule has 0 aliphatic heterocycles. The number of aromatic nitrogens is 3. The Balaban J connectivity index is 1.60. The summed E-state index contributed by atoms with van der Waals surface area (Å²) in [6, 6.07) is 13.3. The summed E-state index contributed by atoms with van der Waals surface area (Å²) in [7, 11) is 0. The highest BCUT2D eigenvalue weighted by Crippen LogP contribution is 2.43. The first kappa shape index (κ1) is 23.6. The second kappa shape index (κ2) is 9.38. The van der Waals surface area contributed by atoms with Crippen LogP contribution in [0.25, 0.3) is 34.3 Å². The zero-order valence-corrected chi connectivity index (χ0v) is 17.6. The Labute approximate surface area is 194 Å². The van der Waals surface area contributed by atoms with Crippen molar-refractivity contribution in [2.24, 2.45) is 5.73 Å². The number of rotatable bonds is 7. The third-order valence-electron chi connectivity index (χ3n) is 4.81. The summed E-state index contributed by atoms with van der Waals surface area (Å²) in [5.74, 6) is -2.66. The van der Waals surface area contributed by atoms with Gasteiger partial charge in [0.1, 0.15) is 5.56 Å². The molecule has 4 rings (SSSR count). The summed E-state index contributed by atoms with van der Waals surface area (Å²) in [5.41, 5.74) is 3.81. The minimum Gasteiger partial charge on any atom is -0.378 e. The summed E-state index contributed by atoms with van der Waals surface area (Å²) in [6.45, 7) is -0.437. The fourth-order valence-corrected chi connectivity index (χ4v) is 3.16. The molecule has 0 spiro atoms. The molecule has 0 aliphatic carbocycles. The van der Waals surface area contributed by atoms with Crippen LogP contribution in [0.5, 0.6) is 0 Å². The molecule has 2 amide bonds. The molecule has 0 radical (unpaired) electrons. The highest BCUT2D eigenvalue weighted by molar-refractivity contribution is 5.86.